The number of sulfonamides is 1. The Morgan fingerprint density at radius 2 is 1.69 bits per heavy atom. The van der Waals surface area contributed by atoms with Crippen LogP contribution in [0.25, 0.3) is 0 Å². The maximum Gasteiger partial charge on any atom is 0.416 e. The van der Waals surface area contributed by atoms with E-state index in [-0.39, 0.29) is 12.2 Å². The lowest BCUT2D eigenvalue weighted by Gasteiger charge is -2.31. The number of halogens is 4. The molecule has 1 heterocycles. The molecule has 0 spiro atoms. The summed E-state index contributed by atoms with van der Waals surface area (Å²) in [6.07, 6.45) is -4.79. The van der Waals surface area contributed by atoms with Gasteiger partial charge in [0.1, 0.15) is 10.7 Å². The fourth-order valence-electron chi connectivity index (χ4n) is 3.04. The van der Waals surface area contributed by atoms with Gasteiger partial charge in [-0.2, -0.15) is 13.2 Å². The Morgan fingerprint density at radius 1 is 1.03 bits per heavy atom. The van der Waals surface area contributed by atoms with Gasteiger partial charge in [-0.25, -0.2) is 12.8 Å². The average Bonchev–Trinajstić information content (AvgIpc) is 2.69. The van der Waals surface area contributed by atoms with E-state index in [0.717, 1.165) is 4.31 Å². The number of alkyl halides is 3. The van der Waals surface area contributed by atoms with Crippen LogP contribution < -0.4 is 4.31 Å². The average molecular weight is 432 g/mol. The third-order valence-electron chi connectivity index (χ3n) is 4.59. The fraction of sp³-hybridized carbons (Fsp3) is 0.368. The second kappa shape index (κ2) is 8.68. The summed E-state index contributed by atoms with van der Waals surface area (Å²) < 4.78 is 86.1. The first-order valence-corrected chi connectivity index (χ1v) is 10.4. The maximum atomic E-state index is 14.3. The van der Waals surface area contributed by atoms with Crippen molar-refractivity contribution in [2.24, 2.45) is 0 Å². The topological polar surface area (TPSA) is 49.9 Å². The molecule has 0 radical (unpaired) electrons. The molecule has 0 aliphatic carbocycles. The number of ether oxygens (including phenoxy) is 1. The largest absolute Gasteiger partial charge is 0.416 e. The highest BCUT2D eigenvalue weighted by Gasteiger charge is 2.35. The zero-order valence-electron chi connectivity index (χ0n) is 15.4. The minimum atomic E-state index is -4.79. The molecule has 0 aromatic heterocycles. The van der Waals surface area contributed by atoms with Crippen molar-refractivity contribution in [2.45, 2.75) is 11.1 Å². The zero-order chi connectivity index (χ0) is 21.1. The lowest BCUT2D eigenvalue weighted by atomic mass is 10.2. The summed E-state index contributed by atoms with van der Waals surface area (Å²) in [6, 6.07) is 9.32. The molecule has 1 aliphatic rings. The smallest absolute Gasteiger partial charge is 0.379 e. The lowest BCUT2D eigenvalue weighted by Crippen LogP contribution is -2.43. The van der Waals surface area contributed by atoms with E-state index in [1.807, 2.05) is 4.90 Å². The summed E-state index contributed by atoms with van der Waals surface area (Å²) in [6.45, 7) is 2.54. The van der Waals surface area contributed by atoms with Gasteiger partial charge in [-0.05, 0) is 30.3 Å². The second-order valence-corrected chi connectivity index (χ2v) is 8.34. The molecular formula is C19H20F4N2O3S. The van der Waals surface area contributed by atoms with Crippen molar-refractivity contribution in [3.05, 3.63) is 59.9 Å². The first-order chi connectivity index (χ1) is 13.7. The Kier molecular flexibility index (Phi) is 6.45. The molecule has 0 unspecified atom stereocenters. The van der Waals surface area contributed by atoms with Crippen molar-refractivity contribution in [2.75, 3.05) is 43.7 Å². The molecule has 1 aliphatic heterocycles. The summed E-state index contributed by atoms with van der Waals surface area (Å²) in [5.74, 6) is -1.23. The molecule has 3 rings (SSSR count). The van der Waals surface area contributed by atoms with Crippen molar-refractivity contribution < 1.29 is 30.7 Å². The molecule has 2 aromatic carbocycles. The van der Waals surface area contributed by atoms with Gasteiger partial charge in [0.15, 0.2) is 0 Å². The number of anilines is 1. The van der Waals surface area contributed by atoms with E-state index in [4.69, 9.17) is 4.74 Å². The highest BCUT2D eigenvalue weighted by Crippen LogP contribution is 2.33. The third-order valence-corrected chi connectivity index (χ3v) is 6.44. The van der Waals surface area contributed by atoms with E-state index < -0.39 is 32.5 Å². The van der Waals surface area contributed by atoms with Crippen LogP contribution in [0.15, 0.2) is 53.4 Å². The van der Waals surface area contributed by atoms with Gasteiger partial charge in [0.05, 0.1) is 24.5 Å². The first-order valence-electron chi connectivity index (χ1n) is 8.94. The Morgan fingerprint density at radius 3 is 2.31 bits per heavy atom. The van der Waals surface area contributed by atoms with Gasteiger partial charge in [0.2, 0.25) is 0 Å². The first kappa shape index (κ1) is 21.5. The number of morpholine rings is 1. The van der Waals surface area contributed by atoms with Crippen LogP contribution in [-0.2, 0) is 20.9 Å². The second-order valence-electron chi connectivity index (χ2n) is 6.51. The lowest BCUT2D eigenvalue weighted by molar-refractivity contribution is -0.137. The summed E-state index contributed by atoms with van der Waals surface area (Å²) in [5, 5.41) is 0. The normalized spacial score (nSPS) is 16.0. The van der Waals surface area contributed by atoms with Gasteiger partial charge >= 0.3 is 6.18 Å². The molecule has 1 fully saturated rings. The quantitative estimate of drug-likeness (QED) is 0.657. The number of hydrogen-bond donors (Lipinski definition) is 0. The summed E-state index contributed by atoms with van der Waals surface area (Å²) in [4.78, 5) is 0.982. The van der Waals surface area contributed by atoms with Crippen LogP contribution in [-0.4, -0.2) is 52.7 Å². The van der Waals surface area contributed by atoms with E-state index in [9.17, 15) is 26.0 Å². The van der Waals surface area contributed by atoms with Crippen LogP contribution in [0.2, 0.25) is 0 Å². The van der Waals surface area contributed by atoms with Crippen LogP contribution in [0.4, 0.5) is 23.2 Å². The van der Waals surface area contributed by atoms with Crippen molar-refractivity contribution in [3.8, 4) is 0 Å². The molecular weight excluding hydrogens is 412 g/mol. The van der Waals surface area contributed by atoms with Crippen molar-refractivity contribution >= 4 is 15.7 Å². The molecule has 10 heteroatoms. The Hall–Kier alpha value is -2.17. The van der Waals surface area contributed by atoms with E-state index in [2.05, 4.69) is 0 Å². The van der Waals surface area contributed by atoms with Crippen LogP contribution >= 0.6 is 0 Å². The summed E-state index contributed by atoms with van der Waals surface area (Å²) in [5.41, 5.74) is -0.976. The predicted molar refractivity (Wildman–Crippen MR) is 99.6 cm³/mol. The van der Waals surface area contributed by atoms with Gasteiger partial charge in [0, 0.05) is 26.2 Å². The van der Waals surface area contributed by atoms with Crippen molar-refractivity contribution in [3.63, 3.8) is 0 Å². The van der Waals surface area contributed by atoms with Gasteiger partial charge in [0.25, 0.3) is 10.0 Å². The van der Waals surface area contributed by atoms with Crippen LogP contribution in [0.3, 0.4) is 0 Å². The Bertz CT molecular complexity index is 930. The molecule has 0 bridgehead atoms. The van der Waals surface area contributed by atoms with E-state index in [1.165, 1.54) is 12.1 Å². The monoisotopic (exact) mass is 432 g/mol. The number of hydrogen-bond acceptors (Lipinski definition) is 4. The minimum Gasteiger partial charge on any atom is -0.379 e. The van der Waals surface area contributed by atoms with E-state index >= 15 is 0 Å². The predicted octanol–water partition coefficient (Wildman–Crippen LogP) is 3.37. The maximum absolute atomic E-state index is 14.3. The SMILES string of the molecule is O=S(=O)(c1cc(C(F)(F)F)ccc1F)N(CCN1CCOCC1)c1ccccc1. The Balaban J connectivity index is 1.97. The molecule has 0 amide bonds. The van der Waals surface area contributed by atoms with Gasteiger partial charge < -0.3 is 4.74 Å². The van der Waals surface area contributed by atoms with E-state index in [1.54, 1.807) is 18.2 Å². The molecule has 1 saturated heterocycles. The van der Waals surface area contributed by atoms with Crippen LogP contribution in [0.1, 0.15) is 5.56 Å². The number of nitrogens with zero attached hydrogens (tertiary/aromatic N) is 2. The minimum absolute atomic E-state index is 0.0397. The Labute approximate surface area is 166 Å². The van der Waals surface area contributed by atoms with Gasteiger partial charge in [-0.15, -0.1) is 0 Å². The van der Waals surface area contributed by atoms with Crippen LogP contribution in [0, 0.1) is 5.82 Å². The summed E-state index contributed by atoms with van der Waals surface area (Å²) in [7, 11) is -4.57. The molecule has 29 heavy (non-hydrogen) atoms. The van der Waals surface area contributed by atoms with Gasteiger partial charge in [-0.1, -0.05) is 18.2 Å². The highest BCUT2D eigenvalue weighted by atomic mass is 32.2. The fourth-order valence-corrected chi connectivity index (χ4v) is 4.58. The van der Waals surface area contributed by atoms with Crippen molar-refractivity contribution in [1.82, 2.24) is 4.90 Å². The zero-order valence-corrected chi connectivity index (χ0v) is 16.2. The summed E-state index contributed by atoms with van der Waals surface area (Å²) >= 11 is 0. The molecule has 0 saturated carbocycles. The number of rotatable bonds is 6. The van der Waals surface area contributed by atoms with E-state index in [0.29, 0.717) is 51.0 Å². The van der Waals surface area contributed by atoms with Crippen LogP contribution in [0.5, 0.6) is 0 Å². The molecule has 0 N–H and O–H groups in total. The molecule has 2 aromatic rings. The molecule has 158 valence electrons. The number of para-hydroxylation sites is 1. The van der Waals surface area contributed by atoms with Gasteiger partial charge in [-0.3, -0.25) is 9.21 Å². The highest BCUT2D eigenvalue weighted by molar-refractivity contribution is 7.92. The number of benzene rings is 2. The molecule has 0 atom stereocenters. The third kappa shape index (κ3) is 5.06. The van der Waals surface area contributed by atoms with Crippen molar-refractivity contribution in [1.29, 1.82) is 0 Å². The molecule has 5 nitrogen and oxygen atoms in total. The standard InChI is InChI=1S/C19H20F4N2O3S/c20-17-7-6-15(19(21,22)23)14-18(17)29(26,27)25(16-4-2-1-3-5-16)9-8-24-10-12-28-13-11-24/h1-7,14H,8-13H2.